The van der Waals surface area contributed by atoms with E-state index in [0.29, 0.717) is 27.8 Å². The number of halogens is 2. The largest absolute Gasteiger partial charge is 0.354 e. The Kier molecular flexibility index (Phi) is 11.1. The Hall–Kier alpha value is -2.29. The first-order chi connectivity index (χ1) is 16.8. The zero-order chi connectivity index (χ0) is 27.0. The molecule has 0 bridgehead atoms. The minimum atomic E-state index is -3.55. The van der Waals surface area contributed by atoms with Gasteiger partial charge in [0.1, 0.15) is 6.04 Å². The summed E-state index contributed by atoms with van der Waals surface area (Å²) in [6.45, 7) is 8.21. The third-order valence-electron chi connectivity index (χ3n) is 5.72. The summed E-state index contributed by atoms with van der Waals surface area (Å²) in [7, 11) is -3.55. The Morgan fingerprint density at radius 3 is 2.25 bits per heavy atom. The van der Waals surface area contributed by atoms with E-state index >= 15 is 0 Å². The van der Waals surface area contributed by atoms with Crippen molar-refractivity contribution in [1.82, 2.24) is 10.2 Å². The van der Waals surface area contributed by atoms with Crippen molar-refractivity contribution in [2.45, 2.75) is 59.5 Å². The van der Waals surface area contributed by atoms with Crippen LogP contribution < -0.4 is 9.62 Å². The second-order valence-corrected chi connectivity index (χ2v) is 11.8. The zero-order valence-corrected chi connectivity index (χ0v) is 23.8. The predicted octanol–water partition coefficient (Wildman–Crippen LogP) is 5.10. The molecule has 0 unspecified atom stereocenters. The molecule has 198 valence electrons. The molecular formula is C26H35Cl2N3O4S. The number of rotatable bonds is 12. The fraction of sp³-hybridized carbons (Fsp3) is 0.462. The van der Waals surface area contributed by atoms with Crippen molar-refractivity contribution < 1.29 is 18.0 Å². The highest BCUT2D eigenvalue weighted by molar-refractivity contribution is 7.92. The maximum atomic E-state index is 13.3. The number of hydrogen-bond donors (Lipinski definition) is 1. The number of aryl methyl sites for hydroxylation is 2. The minimum Gasteiger partial charge on any atom is -0.354 e. The number of hydrogen-bond acceptors (Lipinski definition) is 4. The first kappa shape index (κ1) is 29.9. The molecule has 7 nitrogen and oxygen atoms in total. The van der Waals surface area contributed by atoms with Crippen LogP contribution >= 0.6 is 23.2 Å². The number of carbonyl (C=O) groups excluding carboxylic acids is 2. The van der Waals surface area contributed by atoms with E-state index in [1.165, 1.54) is 9.21 Å². The molecule has 0 radical (unpaired) electrons. The summed E-state index contributed by atoms with van der Waals surface area (Å²) in [4.78, 5) is 27.5. The van der Waals surface area contributed by atoms with E-state index in [-0.39, 0.29) is 37.7 Å². The molecule has 2 amide bonds. The summed E-state index contributed by atoms with van der Waals surface area (Å²) in [5, 5.41) is 3.71. The summed E-state index contributed by atoms with van der Waals surface area (Å²) >= 11 is 12.3. The summed E-state index contributed by atoms with van der Waals surface area (Å²) < 4.78 is 26.4. The maximum absolute atomic E-state index is 13.3. The van der Waals surface area contributed by atoms with Gasteiger partial charge in [0.05, 0.1) is 11.9 Å². The lowest BCUT2D eigenvalue weighted by molar-refractivity contribution is -0.140. The average molecular weight is 557 g/mol. The topological polar surface area (TPSA) is 86.8 Å². The van der Waals surface area contributed by atoms with E-state index in [1.807, 2.05) is 39.0 Å². The van der Waals surface area contributed by atoms with Gasteiger partial charge in [-0.1, -0.05) is 42.3 Å². The Balaban J connectivity index is 2.21. The molecular weight excluding hydrogens is 521 g/mol. The summed E-state index contributed by atoms with van der Waals surface area (Å²) in [5.41, 5.74) is 3.14. The Bertz CT molecular complexity index is 1170. The van der Waals surface area contributed by atoms with Crippen molar-refractivity contribution in [1.29, 1.82) is 0 Å². The fourth-order valence-electron chi connectivity index (χ4n) is 3.91. The van der Waals surface area contributed by atoms with Gasteiger partial charge in [0.2, 0.25) is 21.8 Å². The molecule has 0 heterocycles. The molecule has 0 aliphatic heterocycles. The number of sulfonamides is 1. The lowest BCUT2D eigenvalue weighted by atomic mass is 10.1. The Morgan fingerprint density at radius 1 is 1.06 bits per heavy atom. The third-order valence-corrected chi connectivity index (χ3v) is 7.50. The number of carbonyl (C=O) groups is 2. The normalized spacial score (nSPS) is 12.2. The molecule has 0 saturated heterocycles. The molecule has 36 heavy (non-hydrogen) atoms. The molecule has 2 rings (SSSR count). The van der Waals surface area contributed by atoms with E-state index in [9.17, 15) is 18.0 Å². The van der Waals surface area contributed by atoms with E-state index in [0.717, 1.165) is 23.8 Å². The first-order valence-electron chi connectivity index (χ1n) is 11.9. The minimum absolute atomic E-state index is 0.0629. The number of anilines is 1. The molecule has 0 aliphatic carbocycles. The standard InChI is InChI=1S/C26H35Cl2N3O4S/c1-6-11-29-26(33)20(4)30(17-21-9-10-22(27)16-24(21)28)25(32)8-7-12-31(36(5,34)35)23-14-18(2)13-19(3)15-23/h9-10,13-16,20H,6-8,11-12,17H2,1-5H3,(H,29,33)/t20-/m1/s1. The van der Waals surface area contributed by atoms with Gasteiger partial charge in [-0.05, 0) is 74.6 Å². The van der Waals surface area contributed by atoms with Crippen molar-refractivity contribution >= 4 is 50.7 Å². The van der Waals surface area contributed by atoms with Crippen LogP contribution in [0.25, 0.3) is 0 Å². The van der Waals surface area contributed by atoms with Crippen LogP contribution in [0.5, 0.6) is 0 Å². The Morgan fingerprint density at radius 2 is 1.69 bits per heavy atom. The monoisotopic (exact) mass is 555 g/mol. The average Bonchev–Trinajstić information content (AvgIpc) is 2.77. The van der Waals surface area contributed by atoms with Gasteiger partial charge in [0.15, 0.2) is 0 Å². The lowest BCUT2D eigenvalue weighted by Crippen LogP contribution is -2.48. The smallest absolute Gasteiger partial charge is 0.242 e. The van der Waals surface area contributed by atoms with Crippen molar-refractivity contribution in [2.75, 3.05) is 23.7 Å². The molecule has 10 heteroatoms. The number of nitrogens with one attached hydrogen (secondary N) is 1. The zero-order valence-electron chi connectivity index (χ0n) is 21.5. The number of benzene rings is 2. The van der Waals surface area contributed by atoms with Crippen molar-refractivity contribution in [2.24, 2.45) is 0 Å². The van der Waals surface area contributed by atoms with Gasteiger partial charge in [-0.25, -0.2) is 8.42 Å². The maximum Gasteiger partial charge on any atom is 0.242 e. The SMILES string of the molecule is CCCNC(=O)[C@@H](C)N(Cc1ccc(Cl)cc1Cl)C(=O)CCCN(c1cc(C)cc(C)c1)S(C)(=O)=O. The van der Waals surface area contributed by atoms with Gasteiger partial charge in [0, 0.05) is 36.1 Å². The van der Waals surface area contributed by atoms with E-state index in [2.05, 4.69) is 5.32 Å². The van der Waals surface area contributed by atoms with E-state index in [1.54, 1.807) is 25.1 Å². The van der Waals surface area contributed by atoms with Crippen molar-refractivity contribution in [3.8, 4) is 0 Å². The van der Waals surface area contributed by atoms with Crippen molar-refractivity contribution in [3.05, 3.63) is 63.1 Å². The van der Waals surface area contributed by atoms with Gasteiger partial charge < -0.3 is 10.2 Å². The molecule has 1 atom stereocenters. The molecule has 0 spiro atoms. The molecule has 0 aromatic heterocycles. The van der Waals surface area contributed by atoms with E-state index < -0.39 is 16.1 Å². The van der Waals surface area contributed by atoms with Crippen LogP contribution in [-0.4, -0.2) is 50.5 Å². The number of nitrogens with zero attached hydrogens (tertiary/aromatic N) is 2. The van der Waals surface area contributed by atoms with Crippen LogP contribution in [0.2, 0.25) is 10.0 Å². The first-order valence-corrected chi connectivity index (χ1v) is 14.5. The van der Waals surface area contributed by atoms with Crippen LogP contribution in [0.15, 0.2) is 36.4 Å². The second-order valence-electron chi connectivity index (χ2n) is 9.01. The predicted molar refractivity (Wildman–Crippen MR) is 147 cm³/mol. The van der Waals surface area contributed by atoms with Crippen LogP contribution in [0.3, 0.4) is 0 Å². The molecule has 0 fully saturated rings. The summed E-state index contributed by atoms with van der Waals surface area (Å²) in [5.74, 6) is -0.530. The quantitative estimate of drug-likeness (QED) is 0.394. The highest BCUT2D eigenvalue weighted by Gasteiger charge is 2.27. The molecule has 2 aromatic rings. The molecule has 0 saturated carbocycles. The van der Waals surface area contributed by atoms with Crippen molar-refractivity contribution in [3.63, 3.8) is 0 Å². The van der Waals surface area contributed by atoms with Gasteiger partial charge >= 0.3 is 0 Å². The van der Waals surface area contributed by atoms with Crippen LogP contribution in [0.1, 0.15) is 49.8 Å². The summed E-state index contributed by atoms with van der Waals surface area (Å²) in [6, 6.07) is 9.86. The molecule has 2 aromatic carbocycles. The van der Waals surface area contributed by atoms with E-state index in [4.69, 9.17) is 23.2 Å². The fourth-order valence-corrected chi connectivity index (χ4v) is 5.33. The second kappa shape index (κ2) is 13.3. The molecule has 0 aliphatic rings. The highest BCUT2D eigenvalue weighted by Crippen LogP contribution is 2.25. The summed E-state index contributed by atoms with van der Waals surface area (Å²) in [6.07, 6.45) is 2.27. The van der Waals surface area contributed by atoms with Gasteiger partial charge in [-0.3, -0.25) is 13.9 Å². The van der Waals surface area contributed by atoms with Crippen LogP contribution in [0.4, 0.5) is 5.69 Å². The Labute approximate surface area is 224 Å². The van der Waals surface area contributed by atoms with Gasteiger partial charge in [-0.2, -0.15) is 0 Å². The third kappa shape index (κ3) is 8.68. The highest BCUT2D eigenvalue weighted by atomic mass is 35.5. The number of amides is 2. The van der Waals surface area contributed by atoms with Crippen LogP contribution in [-0.2, 0) is 26.2 Å². The van der Waals surface area contributed by atoms with Gasteiger partial charge in [0.25, 0.3) is 0 Å². The van der Waals surface area contributed by atoms with Crippen LogP contribution in [0, 0.1) is 13.8 Å². The lowest BCUT2D eigenvalue weighted by Gasteiger charge is -2.30. The molecule has 1 N–H and O–H groups in total. The van der Waals surface area contributed by atoms with Gasteiger partial charge in [-0.15, -0.1) is 0 Å².